The number of halogens is 4. The predicted molar refractivity (Wildman–Crippen MR) is 110 cm³/mol. The van der Waals surface area contributed by atoms with Gasteiger partial charge in [0.25, 0.3) is 0 Å². The van der Waals surface area contributed by atoms with E-state index >= 15 is 0 Å². The second-order valence-electron chi connectivity index (χ2n) is 5.94. The third-order valence-corrected chi connectivity index (χ3v) is 3.84. The zero-order valence-corrected chi connectivity index (χ0v) is 17.6. The van der Waals surface area contributed by atoms with Crippen molar-refractivity contribution in [1.29, 1.82) is 0 Å². The summed E-state index contributed by atoms with van der Waals surface area (Å²) in [4.78, 5) is 4.42. The van der Waals surface area contributed by atoms with Crippen molar-refractivity contribution in [1.82, 2.24) is 10.6 Å². The van der Waals surface area contributed by atoms with E-state index in [4.69, 9.17) is 5.11 Å². The van der Waals surface area contributed by atoms with E-state index < -0.39 is 11.7 Å². The molecule has 1 rings (SSSR count). The van der Waals surface area contributed by atoms with Gasteiger partial charge in [-0.3, -0.25) is 0 Å². The number of aliphatic hydroxyl groups is 1. The summed E-state index contributed by atoms with van der Waals surface area (Å²) >= 11 is 0. The highest BCUT2D eigenvalue weighted by atomic mass is 127. The lowest BCUT2D eigenvalue weighted by atomic mass is 10.0. The Balaban J connectivity index is 0.00000625. The molecule has 1 aromatic carbocycles. The van der Waals surface area contributed by atoms with E-state index in [1.54, 1.807) is 0 Å². The van der Waals surface area contributed by atoms with Crippen LogP contribution in [0.15, 0.2) is 29.3 Å². The monoisotopic (exact) mass is 487 g/mol. The van der Waals surface area contributed by atoms with Gasteiger partial charge in [-0.25, -0.2) is 4.99 Å². The number of alkyl halides is 3. The average molecular weight is 487 g/mol. The van der Waals surface area contributed by atoms with Gasteiger partial charge in [-0.05, 0) is 43.4 Å². The summed E-state index contributed by atoms with van der Waals surface area (Å²) in [5.41, 5.74) is 0.0577. The van der Waals surface area contributed by atoms with Crippen LogP contribution in [0.5, 0.6) is 0 Å². The van der Waals surface area contributed by atoms with Gasteiger partial charge in [-0.15, -0.1) is 24.0 Å². The van der Waals surface area contributed by atoms with Crippen molar-refractivity contribution < 1.29 is 18.3 Å². The minimum atomic E-state index is -4.32. The van der Waals surface area contributed by atoms with Crippen LogP contribution in [0.2, 0.25) is 0 Å². The Morgan fingerprint density at radius 3 is 2.27 bits per heavy atom. The van der Waals surface area contributed by atoms with Gasteiger partial charge in [-0.2, -0.15) is 13.2 Å². The first-order valence-electron chi connectivity index (χ1n) is 8.69. The number of nitrogens with one attached hydrogen (secondary N) is 2. The molecule has 150 valence electrons. The Bertz CT molecular complexity index is 515. The predicted octanol–water partition coefficient (Wildman–Crippen LogP) is 4.18. The average Bonchev–Trinajstić information content (AvgIpc) is 2.57. The summed E-state index contributed by atoms with van der Waals surface area (Å²) in [5.74, 6) is 0.992. The SMILES string of the molecule is CCCC(CCO)CNC(=NCc1ccc(C(F)(F)F)cc1)NCC.I. The summed E-state index contributed by atoms with van der Waals surface area (Å²) in [6.07, 6.45) is -1.52. The highest BCUT2D eigenvalue weighted by molar-refractivity contribution is 14.0. The van der Waals surface area contributed by atoms with E-state index in [9.17, 15) is 13.2 Å². The van der Waals surface area contributed by atoms with Crippen molar-refractivity contribution in [2.24, 2.45) is 10.9 Å². The number of hydrogen-bond acceptors (Lipinski definition) is 2. The second kappa shape index (κ2) is 13.2. The number of rotatable bonds is 9. The molecular weight excluding hydrogens is 458 g/mol. The van der Waals surface area contributed by atoms with Gasteiger partial charge >= 0.3 is 6.18 Å². The summed E-state index contributed by atoms with van der Waals surface area (Å²) in [7, 11) is 0. The Kier molecular flexibility index (Phi) is 12.7. The molecule has 0 aliphatic heterocycles. The van der Waals surface area contributed by atoms with E-state index in [0.717, 1.165) is 31.4 Å². The van der Waals surface area contributed by atoms with Gasteiger partial charge in [0.05, 0.1) is 12.1 Å². The third kappa shape index (κ3) is 9.61. The highest BCUT2D eigenvalue weighted by Gasteiger charge is 2.29. The molecule has 1 unspecified atom stereocenters. The fourth-order valence-corrected chi connectivity index (χ4v) is 2.49. The van der Waals surface area contributed by atoms with Crippen molar-refractivity contribution in [3.8, 4) is 0 Å². The van der Waals surface area contributed by atoms with Gasteiger partial charge < -0.3 is 15.7 Å². The second-order valence-corrected chi connectivity index (χ2v) is 5.94. The van der Waals surface area contributed by atoms with E-state index in [0.29, 0.717) is 37.1 Å². The summed E-state index contributed by atoms with van der Waals surface area (Å²) in [6.45, 7) is 5.91. The van der Waals surface area contributed by atoms with Crippen molar-refractivity contribution in [2.45, 2.75) is 45.8 Å². The minimum Gasteiger partial charge on any atom is -0.396 e. The van der Waals surface area contributed by atoms with Crippen LogP contribution in [0.4, 0.5) is 13.2 Å². The Morgan fingerprint density at radius 1 is 1.12 bits per heavy atom. The van der Waals surface area contributed by atoms with Crippen LogP contribution in [0, 0.1) is 5.92 Å². The summed E-state index contributed by atoms with van der Waals surface area (Å²) in [6, 6.07) is 5.04. The smallest absolute Gasteiger partial charge is 0.396 e. The molecule has 0 saturated carbocycles. The molecule has 0 spiro atoms. The molecule has 0 bridgehead atoms. The van der Waals surface area contributed by atoms with Crippen LogP contribution in [-0.2, 0) is 12.7 Å². The van der Waals surface area contributed by atoms with Crippen LogP contribution in [0.1, 0.15) is 44.2 Å². The van der Waals surface area contributed by atoms with Gasteiger partial charge in [-0.1, -0.05) is 25.5 Å². The van der Waals surface area contributed by atoms with E-state index in [1.807, 2.05) is 6.92 Å². The largest absolute Gasteiger partial charge is 0.416 e. The molecule has 0 aliphatic carbocycles. The molecule has 8 heteroatoms. The molecule has 26 heavy (non-hydrogen) atoms. The highest BCUT2D eigenvalue weighted by Crippen LogP contribution is 2.29. The lowest BCUT2D eigenvalue weighted by Gasteiger charge is -2.18. The van der Waals surface area contributed by atoms with Crippen molar-refractivity contribution in [2.75, 3.05) is 19.7 Å². The molecule has 0 amide bonds. The van der Waals surface area contributed by atoms with Crippen LogP contribution in [-0.4, -0.2) is 30.8 Å². The van der Waals surface area contributed by atoms with E-state index in [2.05, 4.69) is 22.5 Å². The number of aliphatic imine (C=N–C) groups is 1. The maximum Gasteiger partial charge on any atom is 0.416 e. The molecule has 4 nitrogen and oxygen atoms in total. The molecule has 3 N–H and O–H groups in total. The molecule has 1 atom stereocenters. The Morgan fingerprint density at radius 2 is 1.77 bits per heavy atom. The number of aliphatic hydroxyl groups excluding tert-OH is 1. The molecule has 0 heterocycles. The van der Waals surface area contributed by atoms with Crippen LogP contribution in [0.3, 0.4) is 0 Å². The third-order valence-electron chi connectivity index (χ3n) is 3.84. The van der Waals surface area contributed by atoms with Crippen molar-refractivity contribution in [3.05, 3.63) is 35.4 Å². The maximum absolute atomic E-state index is 12.6. The summed E-state index contributed by atoms with van der Waals surface area (Å²) in [5, 5.41) is 15.5. The zero-order chi connectivity index (χ0) is 18.7. The quantitative estimate of drug-likeness (QED) is 0.279. The maximum atomic E-state index is 12.6. The number of guanidine groups is 1. The molecule has 0 aliphatic rings. The first-order chi connectivity index (χ1) is 11.9. The molecule has 0 radical (unpaired) electrons. The lowest BCUT2D eigenvalue weighted by Crippen LogP contribution is -2.40. The first kappa shape index (κ1) is 25.0. The summed E-state index contributed by atoms with van der Waals surface area (Å²) < 4.78 is 37.7. The van der Waals surface area contributed by atoms with Crippen LogP contribution in [0.25, 0.3) is 0 Å². The van der Waals surface area contributed by atoms with Crippen LogP contribution >= 0.6 is 24.0 Å². The Labute approximate surface area is 170 Å². The van der Waals surface area contributed by atoms with Gasteiger partial charge in [0.2, 0.25) is 0 Å². The molecular formula is C18H29F3IN3O. The molecule has 0 saturated heterocycles. The topological polar surface area (TPSA) is 56.6 Å². The molecule has 1 aromatic rings. The minimum absolute atomic E-state index is 0. The van der Waals surface area contributed by atoms with Crippen molar-refractivity contribution in [3.63, 3.8) is 0 Å². The van der Waals surface area contributed by atoms with E-state index in [-0.39, 0.29) is 30.6 Å². The lowest BCUT2D eigenvalue weighted by molar-refractivity contribution is -0.137. The van der Waals surface area contributed by atoms with Crippen LogP contribution < -0.4 is 10.6 Å². The van der Waals surface area contributed by atoms with E-state index in [1.165, 1.54) is 12.1 Å². The standard InChI is InChI=1S/C18H28F3N3O.HI/c1-3-5-14(10-11-25)12-23-17(22-4-2)24-13-15-6-8-16(9-7-15)18(19,20)21;/h6-9,14,25H,3-5,10-13H2,1-2H3,(H2,22,23,24);1H. The fraction of sp³-hybridized carbons (Fsp3) is 0.611. The van der Waals surface area contributed by atoms with Gasteiger partial charge in [0.15, 0.2) is 5.96 Å². The van der Waals surface area contributed by atoms with Crippen molar-refractivity contribution >= 4 is 29.9 Å². The number of hydrogen-bond donors (Lipinski definition) is 3. The molecule has 0 fully saturated rings. The van der Waals surface area contributed by atoms with Gasteiger partial charge in [0, 0.05) is 19.7 Å². The first-order valence-corrected chi connectivity index (χ1v) is 8.69. The zero-order valence-electron chi connectivity index (χ0n) is 15.3. The fourth-order valence-electron chi connectivity index (χ4n) is 2.49. The Hall–Kier alpha value is -1.03. The molecule has 0 aromatic heterocycles. The van der Waals surface area contributed by atoms with Gasteiger partial charge in [0.1, 0.15) is 0 Å². The number of nitrogens with zero attached hydrogens (tertiary/aromatic N) is 1. The normalized spacial score (nSPS) is 13.1. The number of benzene rings is 1.